The highest BCUT2D eigenvalue weighted by molar-refractivity contribution is 7.09. The van der Waals surface area contributed by atoms with Crippen molar-refractivity contribution < 1.29 is 32.7 Å². The maximum absolute atomic E-state index is 12.1. The number of carboxylic acid groups (broad SMARTS) is 1. The van der Waals surface area contributed by atoms with Crippen LogP contribution in [0.15, 0.2) is 17.5 Å². The fourth-order valence-electron chi connectivity index (χ4n) is 3.69. The van der Waals surface area contributed by atoms with E-state index in [-0.39, 0.29) is 17.2 Å². The van der Waals surface area contributed by atoms with E-state index in [0.29, 0.717) is 13.0 Å². The normalized spacial score (nSPS) is 23.0. The molecule has 2 aliphatic rings. The van der Waals surface area contributed by atoms with Crippen LogP contribution in [0.5, 0.6) is 0 Å². The highest BCUT2D eigenvalue weighted by Gasteiger charge is 2.45. The van der Waals surface area contributed by atoms with Crippen molar-refractivity contribution in [2.45, 2.75) is 26.1 Å². The number of halogens is 3. The third kappa shape index (κ3) is 6.43. The van der Waals surface area contributed by atoms with Crippen molar-refractivity contribution >= 4 is 29.1 Å². The third-order valence-corrected chi connectivity index (χ3v) is 5.80. The molecule has 1 unspecified atom stereocenters. The Balaban J connectivity index is 0.000000370. The van der Waals surface area contributed by atoms with Gasteiger partial charge in [0.05, 0.1) is 0 Å². The van der Waals surface area contributed by atoms with E-state index in [2.05, 4.69) is 22.4 Å². The molecule has 2 saturated heterocycles. The van der Waals surface area contributed by atoms with E-state index in [9.17, 15) is 22.8 Å². The monoisotopic (exact) mass is 435 g/mol. The third-order valence-electron chi connectivity index (χ3n) is 4.94. The van der Waals surface area contributed by atoms with Gasteiger partial charge in [-0.15, -0.1) is 11.3 Å². The Morgan fingerprint density at radius 2 is 1.90 bits per heavy atom. The van der Waals surface area contributed by atoms with Gasteiger partial charge >= 0.3 is 12.1 Å². The minimum atomic E-state index is -5.08. The number of aliphatic carboxylic acids is 1. The molecule has 29 heavy (non-hydrogen) atoms. The number of rotatable bonds is 2. The molecule has 1 aromatic heterocycles. The number of nitrogens with zero attached hydrogens (tertiary/aromatic N) is 3. The Labute approximate surface area is 170 Å². The predicted octanol–water partition coefficient (Wildman–Crippen LogP) is 1.89. The maximum atomic E-state index is 12.1. The van der Waals surface area contributed by atoms with Gasteiger partial charge < -0.3 is 14.9 Å². The lowest BCUT2D eigenvalue weighted by molar-refractivity contribution is -0.192. The van der Waals surface area contributed by atoms with Crippen LogP contribution in [0, 0.1) is 5.41 Å². The summed E-state index contributed by atoms with van der Waals surface area (Å²) in [5, 5.41) is 9.22. The zero-order valence-corrected chi connectivity index (χ0v) is 17.1. The first-order valence-electron chi connectivity index (χ1n) is 8.96. The smallest absolute Gasteiger partial charge is 0.475 e. The van der Waals surface area contributed by atoms with Crippen molar-refractivity contribution in [3.63, 3.8) is 0 Å². The summed E-state index contributed by atoms with van der Waals surface area (Å²) in [5.74, 6) is -2.45. The number of likely N-dealkylation sites (tertiary alicyclic amines) is 1. The predicted molar refractivity (Wildman–Crippen MR) is 100 cm³/mol. The summed E-state index contributed by atoms with van der Waals surface area (Å²) < 4.78 is 31.7. The number of carbonyl (C=O) groups excluding carboxylic acids is 2. The first-order chi connectivity index (χ1) is 13.4. The molecule has 3 rings (SSSR count). The number of carboxylic acids is 1. The molecule has 2 fully saturated rings. The average Bonchev–Trinajstić information content (AvgIpc) is 3.14. The number of hydrogen-bond donors (Lipinski definition) is 1. The summed E-state index contributed by atoms with van der Waals surface area (Å²) in [7, 11) is 1.86. The minimum Gasteiger partial charge on any atom is -0.475 e. The zero-order chi connectivity index (χ0) is 21.8. The van der Waals surface area contributed by atoms with E-state index in [4.69, 9.17) is 9.90 Å². The Hall–Kier alpha value is -2.14. The van der Waals surface area contributed by atoms with Crippen LogP contribution in [0.1, 0.15) is 18.2 Å². The second-order valence-corrected chi connectivity index (χ2v) is 8.49. The molecule has 0 aromatic carbocycles. The van der Waals surface area contributed by atoms with Gasteiger partial charge in [0, 0.05) is 70.0 Å². The summed E-state index contributed by atoms with van der Waals surface area (Å²) in [6, 6.07) is 4.22. The van der Waals surface area contributed by atoms with Crippen LogP contribution in [0.3, 0.4) is 0 Å². The van der Waals surface area contributed by atoms with Gasteiger partial charge in [-0.1, -0.05) is 6.07 Å². The second kappa shape index (κ2) is 9.12. The fraction of sp³-hybridized carbons (Fsp3) is 0.611. The molecule has 3 heterocycles. The van der Waals surface area contributed by atoms with Gasteiger partial charge in [-0.3, -0.25) is 14.5 Å². The lowest BCUT2D eigenvalue weighted by Crippen LogP contribution is -2.43. The molecule has 0 aliphatic carbocycles. The Morgan fingerprint density at radius 3 is 2.34 bits per heavy atom. The molecule has 0 radical (unpaired) electrons. The molecule has 2 amide bonds. The molecule has 1 aromatic rings. The molecule has 1 atom stereocenters. The highest BCUT2D eigenvalue weighted by atomic mass is 32.1. The quantitative estimate of drug-likeness (QED) is 0.768. The maximum Gasteiger partial charge on any atom is 0.490 e. The molecule has 1 spiro atoms. The summed E-state index contributed by atoms with van der Waals surface area (Å²) in [6.07, 6.45) is -4.53. The van der Waals surface area contributed by atoms with Crippen LogP contribution in [0.25, 0.3) is 0 Å². The van der Waals surface area contributed by atoms with Crippen molar-refractivity contribution in [3.05, 3.63) is 22.4 Å². The standard InChI is InChI=1S/C16H23N3O2S.C2HF3O2/c1-13(20)19-6-5-18(9-14-4-3-7-22-14)11-16(12-19)8-15(21)17(2)10-16;3-2(4,5)1(6)7/h3-4,7H,5-6,8-12H2,1-2H3;(H,6,7). The van der Waals surface area contributed by atoms with E-state index in [1.165, 1.54) is 4.88 Å². The van der Waals surface area contributed by atoms with Crippen molar-refractivity contribution in [1.29, 1.82) is 0 Å². The number of carbonyl (C=O) groups is 3. The first kappa shape index (κ1) is 23.1. The van der Waals surface area contributed by atoms with Crippen LogP contribution in [0.4, 0.5) is 13.2 Å². The van der Waals surface area contributed by atoms with Crippen LogP contribution in [-0.4, -0.2) is 83.5 Å². The number of hydrogen-bond acceptors (Lipinski definition) is 5. The Kier molecular flexibility index (Phi) is 7.28. The van der Waals surface area contributed by atoms with Gasteiger partial charge in [0.1, 0.15) is 0 Å². The molecule has 0 bridgehead atoms. The zero-order valence-electron chi connectivity index (χ0n) is 16.2. The second-order valence-electron chi connectivity index (χ2n) is 7.46. The number of amides is 2. The largest absolute Gasteiger partial charge is 0.490 e. The van der Waals surface area contributed by atoms with E-state index in [0.717, 1.165) is 32.7 Å². The molecule has 162 valence electrons. The number of alkyl halides is 3. The molecule has 0 saturated carbocycles. The Bertz CT molecular complexity index is 741. The fourth-order valence-corrected chi connectivity index (χ4v) is 4.44. The van der Waals surface area contributed by atoms with Crippen LogP contribution in [0.2, 0.25) is 0 Å². The van der Waals surface area contributed by atoms with Crippen molar-refractivity contribution in [1.82, 2.24) is 14.7 Å². The van der Waals surface area contributed by atoms with Crippen LogP contribution < -0.4 is 0 Å². The lowest BCUT2D eigenvalue weighted by atomic mass is 9.86. The van der Waals surface area contributed by atoms with E-state index in [1.54, 1.807) is 18.3 Å². The van der Waals surface area contributed by atoms with Gasteiger partial charge in [0.25, 0.3) is 0 Å². The molecule has 2 aliphatic heterocycles. The summed E-state index contributed by atoms with van der Waals surface area (Å²) in [4.78, 5) is 40.3. The first-order valence-corrected chi connectivity index (χ1v) is 9.84. The molecule has 7 nitrogen and oxygen atoms in total. The van der Waals surface area contributed by atoms with Crippen molar-refractivity contribution in [3.8, 4) is 0 Å². The van der Waals surface area contributed by atoms with Crippen molar-refractivity contribution in [2.75, 3.05) is 39.8 Å². The van der Waals surface area contributed by atoms with E-state index < -0.39 is 12.1 Å². The SMILES string of the molecule is CC(=O)N1CCN(Cc2cccs2)CC2(CC(=O)N(C)C2)C1.O=C(O)C(F)(F)F. The van der Waals surface area contributed by atoms with Crippen molar-refractivity contribution in [2.24, 2.45) is 5.41 Å². The van der Waals surface area contributed by atoms with Gasteiger partial charge in [-0.05, 0) is 11.4 Å². The van der Waals surface area contributed by atoms with Gasteiger partial charge in [0.15, 0.2) is 0 Å². The number of thiophene rings is 1. The van der Waals surface area contributed by atoms with E-state index in [1.807, 2.05) is 16.8 Å². The minimum absolute atomic E-state index is 0.111. The molecule has 1 N–H and O–H groups in total. The average molecular weight is 435 g/mol. The van der Waals surface area contributed by atoms with Crippen LogP contribution in [-0.2, 0) is 20.9 Å². The van der Waals surface area contributed by atoms with Gasteiger partial charge in [-0.25, -0.2) is 4.79 Å². The van der Waals surface area contributed by atoms with Gasteiger partial charge in [0.2, 0.25) is 11.8 Å². The summed E-state index contributed by atoms with van der Waals surface area (Å²) >= 11 is 1.76. The summed E-state index contributed by atoms with van der Waals surface area (Å²) in [6.45, 7) is 6.48. The Morgan fingerprint density at radius 1 is 1.24 bits per heavy atom. The lowest BCUT2D eigenvalue weighted by Gasteiger charge is -2.33. The molecular weight excluding hydrogens is 411 g/mol. The van der Waals surface area contributed by atoms with E-state index >= 15 is 0 Å². The molecule has 11 heteroatoms. The van der Waals surface area contributed by atoms with Gasteiger partial charge in [-0.2, -0.15) is 13.2 Å². The molecular formula is C18H24F3N3O4S. The topological polar surface area (TPSA) is 81.2 Å². The van der Waals surface area contributed by atoms with Crippen LogP contribution >= 0.6 is 11.3 Å². The summed E-state index contributed by atoms with van der Waals surface area (Å²) in [5.41, 5.74) is -0.120. The highest BCUT2D eigenvalue weighted by Crippen LogP contribution is 2.35.